The first-order valence-corrected chi connectivity index (χ1v) is 8.08. The molecule has 3 aromatic heterocycles. The molecule has 0 radical (unpaired) electrons. The summed E-state index contributed by atoms with van der Waals surface area (Å²) < 4.78 is 0. The topological polar surface area (TPSA) is 41.9 Å². The highest BCUT2D eigenvalue weighted by atomic mass is 32.1. The van der Waals surface area contributed by atoms with Crippen LogP contribution in [0.3, 0.4) is 0 Å². The SMILES string of the molecule is C[C@H](c1cccs1)N(C)Cc1cnc(-c2ccccn2)nc1. The lowest BCUT2D eigenvalue weighted by molar-refractivity contribution is 0.256. The number of nitrogens with zero attached hydrogens (tertiary/aromatic N) is 4. The summed E-state index contributed by atoms with van der Waals surface area (Å²) in [5.74, 6) is 0.665. The molecule has 3 rings (SSSR count). The molecule has 0 N–H and O–H groups in total. The summed E-state index contributed by atoms with van der Waals surface area (Å²) >= 11 is 1.79. The fourth-order valence-electron chi connectivity index (χ4n) is 2.23. The minimum Gasteiger partial charge on any atom is -0.294 e. The fraction of sp³-hybridized carbons (Fsp3) is 0.235. The van der Waals surface area contributed by atoms with Gasteiger partial charge in [-0.2, -0.15) is 0 Å². The fourth-order valence-corrected chi connectivity index (χ4v) is 3.08. The largest absolute Gasteiger partial charge is 0.294 e. The van der Waals surface area contributed by atoms with E-state index in [-0.39, 0.29) is 0 Å². The zero-order valence-electron chi connectivity index (χ0n) is 12.7. The van der Waals surface area contributed by atoms with E-state index >= 15 is 0 Å². The van der Waals surface area contributed by atoms with Crippen LogP contribution < -0.4 is 0 Å². The summed E-state index contributed by atoms with van der Waals surface area (Å²) in [4.78, 5) is 16.8. The smallest absolute Gasteiger partial charge is 0.178 e. The van der Waals surface area contributed by atoms with Gasteiger partial charge < -0.3 is 0 Å². The molecule has 0 aromatic carbocycles. The van der Waals surface area contributed by atoms with Crippen LogP contribution in [0.15, 0.2) is 54.3 Å². The minimum atomic E-state index is 0.385. The molecule has 0 spiro atoms. The maximum atomic E-state index is 4.43. The van der Waals surface area contributed by atoms with Gasteiger partial charge in [0.05, 0.1) is 0 Å². The van der Waals surface area contributed by atoms with E-state index in [1.165, 1.54) is 4.88 Å². The standard InChI is InChI=1S/C17H18N4S/c1-13(16-7-5-9-22-16)21(2)12-14-10-19-17(20-11-14)15-6-3-4-8-18-15/h3-11,13H,12H2,1-2H3/t13-/m1/s1. The van der Waals surface area contributed by atoms with Crippen molar-refractivity contribution >= 4 is 11.3 Å². The van der Waals surface area contributed by atoms with Crippen molar-refractivity contribution in [1.29, 1.82) is 0 Å². The second-order valence-corrected chi connectivity index (χ2v) is 6.22. The van der Waals surface area contributed by atoms with Crippen LogP contribution in [0, 0.1) is 0 Å². The van der Waals surface area contributed by atoms with Gasteiger partial charge in [-0.15, -0.1) is 11.3 Å². The van der Waals surface area contributed by atoms with Crippen molar-refractivity contribution in [3.05, 3.63) is 64.7 Å². The number of thiophene rings is 1. The maximum Gasteiger partial charge on any atom is 0.178 e. The van der Waals surface area contributed by atoms with E-state index in [9.17, 15) is 0 Å². The van der Waals surface area contributed by atoms with Crippen LogP contribution in [0.4, 0.5) is 0 Å². The molecule has 0 fully saturated rings. The summed E-state index contributed by atoms with van der Waals surface area (Å²) in [5.41, 5.74) is 1.90. The Morgan fingerprint density at radius 1 is 1.09 bits per heavy atom. The van der Waals surface area contributed by atoms with Gasteiger partial charge in [-0.05, 0) is 37.6 Å². The maximum absolute atomic E-state index is 4.43. The quantitative estimate of drug-likeness (QED) is 0.719. The van der Waals surface area contributed by atoms with Crippen LogP contribution in [0.25, 0.3) is 11.5 Å². The number of hydrogen-bond acceptors (Lipinski definition) is 5. The van der Waals surface area contributed by atoms with E-state index in [0.717, 1.165) is 17.8 Å². The van der Waals surface area contributed by atoms with Crippen molar-refractivity contribution in [3.8, 4) is 11.5 Å². The molecule has 0 bridgehead atoms. The molecule has 0 aliphatic carbocycles. The monoisotopic (exact) mass is 310 g/mol. The first-order valence-electron chi connectivity index (χ1n) is 7.20. The third-order valence-electron chi connectivity index (χ3n) is 3.65. The van der Waals surface area contributed by atoms with Gasteiger partial charge in [0.2, 0.25) is 0 Å². The van der Waals surface area contributed by atoms with Gasteiger partial charge in [0.1, 0.15) is 5.69 Å². The molecule has 0 saturated heterocycles. The normalized spacial score (nSPS) is 12.5. The van der Waals surface area contributed by atoms with E-state index in [2.05, 4.69) is 51.3 Å². The van der Waals surface area contributed by atoms with Crippen LogP contribution in [0.5, 0.6) is 0 Å². The van der Waals surface area contributed by atoms with Crippen molar-refractivity contribution in [2.45, 2.75) is 19.5 Å². The van der Waals surface area contributed by atoms with E-state index in [4.69, 9.17) is 0 Å². The predicted molar refractivity (Wildman–Crippen MR) is 89.5 cm³/mol. The third kappa shape index (κ3) is 3.37. The summed E-state index contributed by atoms with van der Waals surface area (Å²) in [6, 6.07) is 10.4. The minimum absolute atomic E-state index is 0.385. The second-order valence-electron chi connectivity index (χ2n) is 5.24. The first-order chi connectivity index (χ1) is 10.7. The predicted octanol–water partition coefficient (Wildman–Crippen LogP) is 3.79. The Balaban J connectivity index is 1.68. The molecule has 1 atom stereocenters. The molecule has 0 aliphatic heterocycles. The highest BCUT2D eigenvalue weighted by Crippen LogP contribution is 2.24. The molecular weight excluding hydrogens is 292 g/mol. The second kappa shape index (κ2) is 6.77. The van der Waals surface area contributed by atoms with E-state index < -0.39 is 0 Å². The van der Waals surface area contributed by atoms with Gasteiger partial charge in [-0.3, -0.25) is 9.88 Å². The Labute approximate surface area is 134 Å². The number of hydrogen-bond donors (Lipinski definition) is 0. The summed E-state index contributed by atoms with van der Waals surface area (Å²) in [5, 5.41) is 2.12. The van der Waals surface area contributed by atoms with Gasteiger partial charge in [0.15, 0.2) is 5.82 Å². The highest BCUT2D eigenvalue weighted by Gasteiger charge is 2.13. The molecule has 3 heterocycles. The van der Waals surface area contributed by atoms with E-state index in [1.54, 1.807) is 17.5 Å². The summed E-state index contributed by atoms with van der Waals surface area (Å²) in [6.07, 6.45) is 5.52. The van der Waals surface area contributed by atoms with Crippen LogP contribution in [-0.4, -0.2) is 26.9 Å². The van der Waals surface area contributed by atoms with E-state index in [1.807, 2.05) is 30.6 Å². The third-order valence-corrected chi connectivity index (χ3v) is 4.69. The van der Waals surface area contributed by atoms with Crippen LogP contribution in [0.1, 0.15) is 23.4 Å². The molecule has 5 heteroatoms. The molecule has 0 aliphatic rings. The van der Waals surface area contributed by atoms with Crippen molar-refractivity contribution in [3.63, 3.8) is 0 Å². The molecule has 4 nitrogen and oxygen atoms in total. The van der Waals surface area contributed by atoms with E-state index in [0.29, 0.717) is 11.9 Å². The number of pyridine rings is 1. The zero-order valence-corrected chi connectivity index (χ0v) is 13.5. The van der Waals surface area contributed by atoms with Gasteiger partial charge in [0.25, 0.3) is 0 Å². The Morgan fingerprint density at radius 2 is 1.91 bits per heavy atom. The zero-order chi connectivity index (χ0) is 15.4. The average Bonchev–Trinajstić information content (AvgIpc) is 3.10. The van der Waals surface area contributed by atoms with Crippen molar-refractivity contribution in [2.24, 2.45) is 0 Å². The van der Waals surface area contributed by atoms with Gasteiger partial charge in [-0.25, -0.2) is 9.97 Å². The van der Waals surface area contributed by atoms with Crippen molar-refractivity contribution in [2.75, 3.05) is 7.05 Å². The Kier molecular flexibility index (Phi) is 4.56. The molecule has 112 valence electrons. The molecule has 22 heavy (non-hydrogen) atoms. The highest BCUT2D eigenvalue weighted by molar-refractivity contribution is 7.10. The Hall–Kier alpha value is -2.11. The molecule has 3 aromatic rings. The van der Waals surface area contributed by atoms with Crippen molar-refractivity contribution in [1.82, 2.24) is 19.9 Å². The molecule has 0 saturated carbocycles. The lowest BCUT2D eigenvalue weighted by atomic mass is 10.2. The Morgan fingerprint density at radius 3 is 2.55 bits per heavy atom. The lowest BCUT2D eigenvalue weighted by Crippen LogP contribution is -2.21. The Bertz CT molecular complexity index is 695. The molecule has 0 amide bonds. The van der Waals surface area contributed by atoms with Crippen LogP contribution in [-0.2, 0) is 6.54 Å². The summed E-state index contributed by atoms with van der Waals surface area (Å²) in [7, 11) is 2.12. The number of rotatable bonds is 5. The summed E-state index contributed by atoms with van der Waals surface area (Å²) in [6.45, 7) is 3.04. The van der Waals surface area contributed by atoms with Gasteiger partial charge in [0, 0.05) is 41.6 Å². The van der Waals surface area contributed by atoms with Crippen molar-refractivity contribution < 1.29 is 0 Å². The van der Waals surface area contributed by atoms with Crippen LogP contribution >= 0.6 is 11.3 Å². The van der Waals surface area contributed by atoms with Gasteiger partial charge >= 0.3 is 0 Å². The molecular formula is C17H18N4S. The van der Waals surface area contributed by atoms with Crippen LogP contribution in [0.2, 0.25) is 0 Å². The average molecular weight is 310 g/mol. The lowest BCUT2D eigenvalue weighted by Gasteiger charge is -2.23. The number of aromatic nitrogens is 3. The molecule has 0 unspecified atom stereocenters. The first kappa shape index (κ1) is 14.8. The van der Waals surface area contributed by atoms with Gasteiger partial charge in [-0.1, -0.05) is 12.1 Å².